The van der Waals surface area contributed by atoms with E-state index in [-0.39, 0.29) is 11.6 Å². The maximum absolute atomic E-state index is 10.6. The fourth-order valence-electron chi connectivity index (χ4n) is 0.394. The van der Waals surface area contributed by atoms with Crippen molar-refractivity contribution >= 4 is 0 Å². The minimum Gasteiger partial charge on any atom is -0.569 e. The number of hydrogen-bond acceptors (Lipinski definition) is 3. The third kappa shape index (κ3) is 2.23. The zero-order chi connectivity index (χ0) is 9.07. The Kier molecular flexibility index (Phi) is 3.06. The highest BCUT2D eigenvalue weighted by Gasteiger charge is 2.28. The van der Waals surface area contributed by atoms with Crippen LogP contribution in [-0.2, 0) is 0 Å². The summed E-state index contributed by atoms with van der Waals surface area (Å²) in [6.45, 7) is 3.09. The first kappa shape index (κ1) is 9.96. The van der Waals surface area contributed by atoms with Crippen LogP contribution in [0.25, 0.3) is 0 Å². The first-order valence-corrected chi connectivity index (χ1v) is 3.12. The maximum atomic E-state index is 10.6. The van der Waals surface area contributed by atoms with Crippen LogP contribution in [0.2, 0.25) is 0 Å². The van der Waals surface area contributed by atoms with E-state index in [0.717, 1.165) is 5.01 Å². The van der Waals surface area contributed by atoms with Crippen LogP contribution in [0.1, 0.15) is 13.8 Å². The van der Waals surface area contributed by atoms with Gasteiger partial charge in [-0.05, 0) is 13.8 Å². The normalized spacial score (nSPS) is 13.3. The molecule has 0 amide bonds. The number of hydrazine groups is 1. The van der Waals surface area contributed by atoms with Crippen LogP contribution in [0, 0.1) is 5.21 Å². The molecule has 0 aromatic rings. The lowest BCUT2D eigenvalue weighted by molar-refractivity contribution is -0.719. The van der Waals surface area contributed by atoms with E-state index in [4.69, 9.17) is 10.3 Å². The molecule has 0 unspecified atom stereocenters. The van der Waals surface area contributed by atoms with Crippen molar-refractivity contribution in [3.05, 3.63) is 5.21 Å². The van der Waals surface area contributed by atoms with Gasteiger partial charge in [0.15, 0.2) is 0 Å². The van der Waals surface area contributed by atoms with Gasteiger partial charge in [0, 0.05) is 0 Å². The van der Waals surface area contributed by atoms with Gasteiger partial charge in [0.25, 0.3) is 0 Å². The third-order valence-electron chi connectivity index (χ3n) is 1.60. The molecule has 0 fully saturated rings. The molecule has 0 aliphatic rings. The SMILES string of the molecule is CN(/[N+]([O-])=N/O)C(C)(C)CO. The largest absolute Gasteiger partial charge is 0.569 e. The summed E-state index contributed by atoms with van der Waals surface area (Å²) in [4.78, 5) is 0.0101. The van der Waals surface area contributed by atoms with Crippen LogP contribution in [-0.4, -0.2) is 39.5 Å². The van der Waals surface area contributed by atoms with E-state index in [1.54, 1.807) is 13.8 Å². The number of aliphatic hydroxyl groups excluding tert-OH is 1. The van der Waals surface area contributed by atoms with Crippen LogP contribution < -0.4 is 0 Å². The van der Waals surface area contributed by atoms with E-state index >= 15 is 0 Å². The molecule has 0 saturated heterocycles. The van der Waals surface area contributed by atoms with Crippen molar-refractivity contribution in [3.63, 3.8) is 0 Å². The van der Waals surface area contributed by atoms with Gasteiger partial charge < -0.3 is 15.5 Å². The highest BCUT2D eigenvalue weighted by atomic mass is 16.6. The molecule has 2 N–H and O–H groups in total. The molecule has 0 heterocycles. The van der Waals surface area contributed by atoms with Crippen LogP contribution in [0.5, 0.6) is 0 Å². The molecular formula is C5H13N3O3. The number of nitrogens with zero attached hydrogens (tertiary/aromatic N) is 3. The van der Waals surface area contributed by atoms with Gasteiger partial charge >= 0.3 is 0 Å². The summed E-state index contributed by atoms with van der Waals surface area (Å²) in [6, 6.07) is 0. The number of hydrogen-bond donors (Lipinski definition) is 2. The van der Waals surface area contributed by atoms with Crippen molar-refractivity contribution in [2.24, 2.45) is 5.28 Å². The summed E-state index contributed by atoms with van der Waals surface area (Å²) in [5.41, 5.74) is -0.728. The molecule has 0 aliphatic heterocycles. The average molecular weight is 163 g/mol. The van der Waals surface area contributed by atoms with Crippen LogP contribution >= 0.6 is 0 Å². The molecule has 66 valence electrons. The maximum Gasteiger partial charge on any atom is 0.230 e. The van der Waals surface area contributed by atoms with Gasteiger partial charge in [0.1, 0.15) is 5.54 Å². The van der Waals surface area contributed by atoms with E-state index in [1.165, 1.54) is 7.05 Å². The average Bonchev–Trinajstić information content (AvgIpc) is 2.01. The highest BCUT2D eigenvalue weighted by Crippen LogP contribution is 2.10. The zero-order valence-corrected chi connectivity index (χ0v) is 6.85. The second-order valence-electron chi connectivity index (χ2n) is 2.84. The van der Waals surface area contributed by atoms with Crippen molar-refractivity contribution in [1.29, 1.82) is 0 Å². The number of aliphatic hydroxyl groups is 1. The molecule has 0 radical (unpaired) electrons. The lowest BCUT2D eigenvalue weighted by Gasteiger charge is -2.28. The highest BCUT2D eigenvalue weighted by molar-refractivity contribution is 4.71. The van der Waals surface area contributed by atoms with Crippen LogP contribution in [0.3, 0.4) is 0 Å². The predicted molar refractivity (Wildman–Crippen MR) is 36.8 cm³/mol. The zero-order valence-electron chi connectivity index (χ0n) is 6.85. The van der Waals surface area contributed by atoms with Gasteiger partial charge in [-0.25, -0.2) is 0 Å². The molecule has 6 heteroatoms. The molecule has 0 bridgehead atoms. The molecule has 0 aromatic carbocycles. The molecule has 0 aliphatic carbocycles. The van der Waals surface area contributed by atoms with E-state index in [9.17, 15) is 5.21 Å². The predicted octanol–water partition coefficient (Wildman–Crippen LogP) is -0.0442. The van der Waals surface area contributed by atoms with E-state index in [0.29, 0.717) is 0 Å². The second kappa shape index (κ2) is 3.38. The first-order valence-electron chi connectivity index (χ1n) is 3.12. The van der Waals surface area contributed by atoms with E-state index < -0.39 is 5.54 Å². The Bertz CT molecular complexity index is 157. The van der Waals surface area contributed by atoms with Crippen molar-refractivity contribution in [2.45, 2.75) is 19.4 Å². The molecule has 0 spiro atoms. The Labute approximate surface area is 64.9 Å². The smallest absolute Gasteiger partial charge is 0.230 e. The van der Waals surface area contributed by atoms with Gasteiger partial charge in [-0.3, -0.25) is 0 Å². The van der Waals surface area contributed by atoms with Crippen LogP contribution in [0.4, 0.5) is 0 Å². The molecule has 0 rings (SSSR count). The van der Waals surface area contributed by atoms with Crippen molar-refractivity contribution in [2.75, 3.05) is 13.7 Å². The van der Waals surface area contributed by atoms with Gasteiger partial charge in [-0.15, -0.1) is 5.01 Å². The quantitative estimate of drug-likeness (QED) is 0.347. The van der Waals surface area contributed by atoms with Gasteiger partial charge in [0.2, 0.25) is 5.28 Å². The summed E-state index contributed by atoms with van der Waals surface area (Å²) in [5, 5.41) is 31.0. The Morgan fingerprint density at radius 3 is 2.36 bits per heavy atom. The number of likely N-dealkylation sites (N-methyl/N-ethyl adjacent to an activating group) is 1. The number of rotatable bonds is 3. The Balaban J connectivity index is 4.35. The second-order valence-corrected chi connectivity index (χ2v) is 2.84. The monoisotopic (exact) mass is 163 g/mol. The topological polar surface area (TPSA) is 82.1 Å². The van der Waals surface area contributed by atoms with Gasteiger partial charge in [0.05, 0.1) is 18.6 Å². The summed E-state index contributed by atoms with van der Waals surface area (Å²) in [5.74, 6) is 0. The molecule has 0 atom stereocenters. The van der Waals surface area contributed by atoms with Crippen molar-refractivity contribution in [3.8, 4) is 0 Å². The fourth-order valence-corrected chi connectivity index (χ4v) is 0.394. The Morgan fingerprint density at radius 1 is 1.64 bits per heavy atom. The summed E-state index contributed by atoms with van der Waals surface area (Å²) >= 11 is 0. The lowest BCUT2D eigenvalue weighted by Crippen LogP contribution is -2.47. The molecule has 11 heavy (non-hydrogen) atoms. The fraction of sp³-hybridized carbons (Fsp3) is 1.00. The van der Waals surface area contributed by atoms with E-state index in [1.807, 2.05) is 0 Å². The molecular weight excluding hydrogens is 150 g/mol. The standard InChI is InChI=1S/C5H13N3O3/c1-5(2,4-9)7(3)8(11)6-10/h9-10H,4H2,1-3H3/b8-6-. The van der Waals surface area contributed by atoms with Crippen molar-refractivity contribution in [1.82, 2.24) is 5.01 Å². The lowest BCUT2D eigenvalue weighted by atomic mass is 10.1. The van der Waals surface area contributed by atoms with E-state index in [2.05, 4.69) is 5.28 Å². The van der Waals surface area contributed by atoms with Crippen molar-refractivity contribution < 1.29 is 15.3 Å². The summed E-state index contributed by atoms with van der Waals surface area (Å²) < 4.78 is 0. The summed E-state index contributed by atoms with van der Waals surface area (Å²) in [6.07, 6.45) is 0. The Hall–Kier alpha value is -1.04. The van der Waals surface area contributed by atoms with Crippen LogP contribution in [0.15, 0.2) is 5.28 Å². The van der Waals surface area contributed by atoms with Gasteiger partial charge in [-0.1, -0.05) is 0 Å². The molecule has 6 nitrogen and oxygen atoms in total. The van der Waals surface area contributed by atoms with Gasteiger partial charge in [-0.2, -0.15) is 0 Å². The minimum atomic E-state index is -0.728. The molecule has 0 saturated carbocycles. The summed E-state index contributed by atoms with van der Waals surface area (Å²) in [7, 11) is 1.42. The first-order chi connectivity index (χ1) is 4.95. The minimum absolute atomic E-state index is 0.0101. The third-order valence-corrected chi connectivity index (χ3v) is 1.60. The molecule has 0 aromatic heterocycles. The Morgan fingerprint density at radius 2 is 2.09 bits per heavy atom.